The number of fused-ring (bicyclic) bond motifs is 1. The van der Waals surface area contributed by atoms with Crippen molar-refractivity contribution in [2.45, 2.75) is 24.6 Å². The van der Waals surface area contributed by atoms with Crippen LogP contribution < -0.4 is 5.32 Å². The Morgan fingerprint density at radius 1 is 1.30 bits per heavy atom. The third kappa shape index (κ3) is 3.80. The van der Waals surface area contributed by atoms with Gasteiger partial charge in [0.05, 0.1) is 16.6 Å². The zero-order valence-corrected chi connectivity index (χ0v) is 12.7. The van der Waals surface area contributed by atoms with Gasteiger partial charge in [-0.15, -0.1) is 11.3 Å². The van der Waals surface area contributed by atoms with Crippen molar-refractivity contribution in [3.05, 3.63) is 29.3 Å². The van der Waals surface area contributed by atoms with Crippen LogP contribution in [0, 0.1) is 0 Å². The van der Waals surface area contributed by atoms with Gasteiger partial charge in [0.25, 0.3) is 0 Å². The van der Waals surface area contributed by atoms with E-state index in [4.69, 9.17) is 5.11 Å². The van der Waals surface area contributed by atoms with Gasteiger partial charge in [-0.2, -0.15) is 13.2 Å². The molecule has 3 N–H and O–H groups in total. The number of carbonyl (C=O) groups excluding carboxylic acids is 1. The molecule has 0 bridgehead atoms. The molecule has 0 spiro atoms. The molecule has 0 fully saturated rings. The van der Waals surface area contributed by atoms with Gasteiger partial charge in [0.15, 0.2) is 0 Å². The number of aliphatic hydroxyl groups excluding tert-OH is 1. The molecule has 2 aromatic rings. The first-order valence-corrected chi connectivity index (χ1v) is 7.62. The van der Waals surface area contributed by atoms with Crippen molar-refractivity contribution < 1.29 is 28.2 Å². The second kappa shape index (κ2) is 6.81. The number of thiazole rings is 1. The van der Waals surface area contributed by atoms with Crippen LogP contribution >= 0.6 is 11.3 Å². The largest absolute Gasteiger partial charge is 0.424 e. The highest BCUT2D eigenvalue weighted by Gasteiger charge is 2.58. The van der Waals surface area contributed by atoms with E-state index in [0.717, 1.165) is 0 Å². The van der Waals surface area contributed by atoms with E-state index < -0.39 is 29.1 Å². The van der Waals surface area contributed by atoms with Gasteiger partial charge in [0, 0.05) is 13.2 Å². The molecular formula is C14H15F3N2O3S. The SMILES string of the molecule is O=C(CC(O)(c1nc2ccccc2s1)C(F)(F)F)NCCCO. The number of aromatic nitrogens is 1. The lowest BCUT2D eigenvalue weighted by atomic mass is 9.99. The Bertz CT molecular complexity index is 656. The van der Waals surface area contributed by atoms with Gasteiger partial charge < -0.3 is 15.5 Å². The predicted molar refractivity (Wildman–Crippen MR) is 78.9 cm³/mol. The van der Waals surface area contributed by atoms with Crippen molar-refractivity contribution in [3.8, 4) is 0 Å². The Morgan fingerprint density at radius 2 is 2.00 bits per heavy atom. The normalized spacial score (nSPS) is 14.7. The van der Waals surface area contributed by atoms with E-state index in [1.807, 2.05) is 0 Å². The van der Waals surface area contributed by atoms with Crippen molar-refractivity contribution in [1.29, 1.82) is 0 Å². The Morgan fingerprint density at radius 3 is 2.61 bits per heavy atom. The summed E-state index contributed by atoms with van der Waals surface area (Å²) in [5, 5.41) is 20.4. The van der Waals surface area contributed by atoms with Gasteiger partial charge in [-0.25, -0.2) is 4.98 Å². The van der Waals surface area contributed by atoms with Gasteiger partial charge in [0.1, 0.15) is 5.01 Å². The summed E-state index contributed by atoms with van der Waals surface area (Å²) in [6.07, 6.45) is -6.01. The molecule has 2 rings (SSSR count). The second-order valence-corrected chi connectivity index (χ2v) is 5.98. The number of nitrogens with one attached hydrogen (secondary N) is 1. The third-order valence-corrected chi connectivity index (χ3v) is 4.38. The minimum absolute atomic E-state index is 0.0309. The Balaban J connectivity index is 2.30. The first-order chi connectivity index (χ1) is 10.8. The molecule has 1 amide bonds. The van der Waals surface area contributed by atoms with Crippen LogP contribution in [0.5, 0.6) is 0 Å². The summed E-state index contributed by atoms with van der Waals surface area (Å²) < 4.78 is 40.6. The minimum Gasteiger partial charge on any atom is -0.396 e. The molecule has 0 saturated carbocycles. The molecule has 5 nitrogen and oxygen atoms in total. The van der Waals surface area contributed by atoms with Crippen LogP contribution in [0.15, 0.2) is 24.3 Å². The lowest BCUT2D eigenvalue weighted by molar-refractivity contribution is -0.267. The summed E-state index contributed by atoms with van der Waals surface area (Å²) in [7, 11) is 0. The average molecular weight is 348 g/mol. The fraction of sp³-hybridized carbons (Fsp3) is 0.429. The van der Waals surface area contributed by atoms with Crippen LogP contribution in [-0.4, -0.2) is 40.4 Å². The topological polar surface area (TPSA) is 82.5 Å². The highest BCUT2D eigenvalue weighted by molar-refractivity contribution is 7.18. The smallest absolute Gasteiger partial charge is 0.396 e. The number of carbonyl (C=O) groups is 1. The summed E-state index contributed by atoms with van der Waals surface area (Å²) in [6, 6.07) is 6.40. The molecule has 1 aromatic carbocycles. The van der Waals surface area contributed by atoms with E-state index in [2.05, 4.69) is 10.3 Å². The number of hydrogen-bond acceptors (Lipinski definition) is 5. The zero-order valence-electron chi connectivity index (χ0n) is 11.9. The number of amides is 1. The van der Waals surface area contributed by atoms with Gasteiger partial charge in [0.2, 0.25) is 11.5 Å². The maximum Gasteiger partial charge on any atom is 0.424 e. The lowest BCUT2D eigenvalue weighted by Crippen LogP contribution is -2.46. The summed E-state index contributed by atoms with van der Waals surface area (Å²) in [4.78, 5) is 15.5. The zero-order chi connectivity index (χ0) is 17.1. The summed E-state index contributed by atoms with van der Waals surface area (Å²) in [5.41, 5.74) is -3.02. The van der Waals surface area contributed by atoms with Gasteiger partial charge in [-0.1, -0.05) is 12.1 Å². The standard InChI is InChI=1S/C14H15F3N2O3S/c15-14(16,17)13(22,8-11(21)18-6-3-7-20)12-19-9-4-1-2-5-10(9)23-12/h1-2,4-5,20,22H,3,6-8H2,(H,18,21). The van der Waals surface area contributed by atoms with E-state index in [9.17, 15) is 23.1 Å². The predicted octanol–water partition coefficient (Wildman–Crippen LogP) is 1.93. The van der Waals surface area contributed by atoms with Crippen LogP contribution in [0.25, 0.3) is 10.2 Å². The molecule has 1 atom stereocenters. The first kappa shape index (κ1) is 17.6. The molecular weight excluding hydrogens is 333 g/mol. The summed E-state index contributed by atoms with van der Waals surface area (Å²) >= 11 is 0.700. The number of nitrogens with zero attached hydrogens (tertiary/aromatic N) is 1. The number of benzene rings is 1. The number of para-hydroxylation sites is 1. The summed E-state index contributed by atoms with van der Waals surface area (Å²) in [6.45, 7) is -0.162. The fourth-order valence-electron chi connectivity index (χ4n) is 1.95. The molecule has 1 heterocycles. The quantitative estimate of drug-likeness (QED) is 0.697. The first-order valence-electron chi connectivity index (χ1n) is 6.80. The molecule has 9 heteroatoms. The van der Waals surface area contributed by atoms with Gasteiger partial charge in [-0.3, -0.25) is 4.79 Å². The van der Waals surface area contributed by atoms with Crippen LogP contribution in [0.1, 0.15) is 17.8 Å². The van der Waals surface area contributed by atoms with E-state index in [1.165, 1.54) is 6.07 Å². The Hall–Kier alpha value is -1.71. The highest BCUT2D eigenvalue weighted by atomic mass is 32.1. The van der Waals surface area contributed by atoms with Gasteiger partial charge in [-0.05, 0) is 18.6 Å². The molecule has 1 aromatic heterocycles. The fourth-order valence-corrected chi connectivity index (χ4v) is 3.02. The third-order valence-electron chi connectivity index (χ3n) is 3.19. The Labute approximate surface area is 133 Å². The molecule has 1 unspecified atom stereocenters. The molecule has 0 radical (unpaired) electrons. The van der Waals surface area contributed by atoms with Crippen molar-refractivity contribution in [2.24, 2.45) is 0 Å². The average Bonchev–Trinajstić information content (AvgIpc) is 2.90. The molecule has 0 saturated heterocycles. The van der Waals surface area contributed by atoms with Crippen LogP contribution in [0.4, 0.5) is 13.2 Å². The van der Waals surface area contributed by atoms with Crippen LogP contribution in [0.3, 0.4) is 0 Å². The molecule has 23 heavy (non-hydrogen) atoms. The number of halogens is 3. The van der Waals surface area contributed by atoms with Crippen LogP contribution in [0.2, 0.25) is 0 Å². The lowest BCUT2D eigenvalue weighted by Gasteiger charge is -2.27. The van der Waals surface area contributed by atoms with Crippen molar-refractivity contribution in [2.75, 3.05) is 13.2 Å². The van der Waals surface area contributed by atoms with E-state index in [1.54, 1.807) is 18.2 Å². The van der Waals surface area contributed by atoms with Crippen molar-refractivity contribution in [1.82, 2.24) is 10.3 Å². The van der Waals surface area contributed by atoms with Crippen LogP contribution in [-0.2, 0) is 10.4 Å². The molecule has 126 valence electrons. The maximum atomic E-state index is 13.4. The van der Waals surface area contributed by atoms with Gasteiger partial charge >= 0.3 is 6.18 Å². The number of alkyl halides is 3. The van der Waals surface area contributed by atoms with E-state index >= 15 is 0 Å². The molecule has 0 aliphatic carbocycles. The summed E-state index contributed by atoms with van der Waals surface area (Å²) in [5.74, 6) is -0.961. The number of hydrogen-bond donors (Lipinski definition) is 3. The Kier molecular flexibility index (Phi) is 5.23. The highest BCUT2D eigenvalue weighted by Crippen LogP contribution is 2.44. The van der Waals surface area contributed by atoms with Crippen molar-refractivity contribution >= 4 is 27.5 Å². The molecule has 0 aliphatic heterocycles. The number of rotatable bonds is 6. The monoisotopic (exact) mass is 348 g/mol. The van der Waals surface area contributed by atoms with E-state index in [-0.39, 0.29) is 19.6 Å². The van der Waals surface area contributed by atoms with E-state index in [0.29, 0.717) is 21.6 Å². The maximum absolute atomic E-state index is 13.4. The molecule has 0 aliphatic rings. The number of aliphatic hydroxyl groups is 2. The minimum atomic E-state index is -5.05. The second-order valence-electron chi connectivity index (χ2n) is 4.95. The van der Waals surface area contributed by atoms with Crippen molar-refractivity contribution in [3.63, 3.8) is 0 Å².